The van der Waals surface area contributed by atoms with Crippen LogP contribution in [0.15, 0.2) is 72.8 Å². The quantitative estimate of drug-likeness (QED) is 0.448. The molecule has 0 saturated heterocycles. The Morgan fingerprint density at radius 3 is 2.06 bits per heavy atom. The number of carbonyl (C=O) groups is 2. The van der Waals surface area contributed by atoms with Crippen molar-refractivity contribution in [1.82, 2.24) is 4.31 Å². The van der Waals surface area contributed by atoms with Crippen molar-refractivity contribution in [2.45, 2.75) is 26.2 Å². The zero-order chi connectivity index (χ0) is 26.7. The molecule has 3 aromatic carbocycles. The van der Waals surface area contributed by atoms with E-state index in [2.05, 4.69) is 26.1 Å². The molecular weight excluding hydrogens is 481 g/mol. The summed E-state index contributed by atoms with van der Waals surface area (Å²) in [7, 11) is -1.35. The summed E-state index contributed by atoms with van der Waals surface area (Å²) in [6, 6.07) is 18.7. The van der Waals surface area contributed by atoms with Gasteiger partial charge in [0.1, 0.15) is 12.4 Å². The van der Waals surface area contributed by atoms with Crippen LogP contribution in [0.5, 0.6) is 0 Å². The number of carbonyl (C=O) groups excluding carboxylic acids is 2. The molecule has 0 unspecified atom stereocenters. The van der Waals surface area contributed by atoms with Crippen LogP contribution in [-0.2, 0) is 20.4 Å². The van der Waals surface area contributed by atoms with Crippen LogP contribution in [0.25, 0.3) is 0 Å². The number of nitrogens with one attached hydrogen (secondary N) is 1. The molecule has 0 aliphatic rings. The van der Waals surface area contributed by atoms with Crippen LogP contribution in [0.3, 0.4) is 0 Å². The predicted molar refractivity (Wildman–Crippen MR) is 140 cm³/mol. The maximum absolute atomic E-state index is 13.4. The molecule has 0 aliphatic heterocycles. The van der Waals surface area contributed by atoms with Crippen molar-refractivity contribution in [2.24, 2.45) is 0 Å². The molecular formula is C27H30FN3O4S. The molecule has 0 atom stereocenters. The van der Waals surface area contributed by atoms with Crippen molar-refractivity contribution in [3.05, 3.63) is 95.3 Å². The second-order valence-corrected chi connectivity index (χ2v) is 11.6. The number of ketones is 1. The third-order valence-electron chi connectivity index (χ3n) is 5.56. The lowest BCUT2D eigenvalue weighted by Gasteiger charge is -2.27. The minimum atomic E-state index is -4.03. The number of anilines is 2. The van der Waals surface area contributed by atoms with Crippen LogP contribution in [0.2, 0.25) is 0 Å². The fourth-order valence-corrected chi connectivity index (χ4v) is 4.53. The molecule has 3 rings (SSSR count). The van der Waals surface area contributed by atoms with Gasteiger partial charge in [-0.25, -0.2) is 8.70 Å². The van der Waals surface area contributed by atoms with Crippen LogP contribution < -0.4 is 9.62 Å². The third-order valence-corrected chi connectivity index (χ3v) is 7.38. The number of hydrogen-bond donors (Lipinski definition) is 1. The number of rotatable bonds is 8. The first-order valence-electron chi connectivity index (χ1n) is 11.3. The van der Waals surface area contributed by atoms with Gasteiger partial charge in [0.05, 0.1) is 5.69 Å². The normalized spacial score (nSPS) is 11.9. The van der Waals surface area contributed by atoms with Gasteiger partial charge in [-0.1, -0.05) is 57.2 Å². The van der Waals surface area contributed by atoms with Crippen LogP contribution >= 0.6 is 0 Å². The lowest BCUT2D eigenvalue weighted by Crippen LogP contribution is -2.44. The number of halogens is 1. The van der Waals surface area contributed by atoms with E-state index >= 15 is 0 Å². The number of amides is 1. The van der Waals surface area contributed by atoms with Gasteiger partial charge in [-0.3, -0.25) is 9.59 Å². The minimum Gasteiger partial charge on any atom is -0.324 e. The largest absolute Gasteiger partial charge is 0.324 e. The molecule has 0 aromatic heterocycles. The fourth-order valence-electron chi connectivity index (χ4n) is 3.47. The van der Waals surface area contributed by atoms with E-state index in [0.29, 0.717) is 16.8 Å². The van der Waals surface area contributed by atoms with E-state index in [4.69, 9.17) is 0 Å². The zero-order valence-corrected chi connectivity index (χ0v) is 21.8. The fraction of sp³-hybridized carbons (Fsp3) is 0.259. The molecule has 1 N–H and O–H groups in total. The second-order valence-electron chi connectivity index (χ2n) is 9.56. The molecule has 190 valence electrons. The highest BCUT2D eigenvalue weighted by Crippen LogP contribution is 2.24. The molecule has 1 amide bonds. The summed E-state index contributed by atoms with van der Waals surface area (Å²) < 4.78 is 40.9. The molecule has 0 fully saturated rings. The predicted octanol–water partition coefficient (Wildman–Crippen LogP) is 4.61. The van der Waals surface area contributed by atoms with Gasteiger partial charge < -0.3 is 5.32 Å². The first kappa shape index (κ1) is 27.0. The summed E-state index contributed by atoms with van der Waals surface area (Å²) in [6.07, 6.45) is 0. The number of benzene rings is 3. The van der Waals surface area contributed by atoms with E-state index < -0.39 is 28.5 Å². The van der Waals surface area contributed by atoms with Gasteiger partial charge in [-0.2, -0.15) is 12.7 Å². The Bertz CT molecular complexity index is 1350. The van der Waals surface area contributed by atoms with Gasteiger partial charge >= 0.3 is 10.2 Å². The molecule has 9 heteroatoms. The Balaban J connectivity index is 1.79. The van der Waals surface area contributed by atoms with Gasteiger partial charge in [0.25, 0.3) is 0 Å². The Morgan fingerprint density at radius 2 is 1.50 bits per heavy atom. The highest BCUT2D eigenvalue weighted by atomic mass is 32.2. The Hall–Kier alpha value is -3.56. The third kappa shape index (κ3) is 6.35. The van der Waals surface area contributed by atoms with Crippen LogP contribution in [0, 0.1) is 5.82 Å². The monoisotopic (exact) mass is 511 g/mol. The summed E-state index contributed by atoms with van der Waals surface area (Å²) >= 11 is 0. The van der Waals surface area contributed by atoms with E-state index in [1.807, 2.05) is 12.1 Å². The van der Waals surface area contributed by atoms with E-state index in [9.17, 15) is 22.4 Å². The van der Waals surface area contributed by atoms with Crippen molar-refractivity contribution < 1.29 is 22.4 Å². The standard InChI is InChI=1S/C27H30FN3O4S/c1-27(2,3)21-11-9-19(10-12-21)26(33)20-7-6-8-23(17-20)29-25(32)18-31(36(34,35)30(4)5)24-15-13-22(28)14-16-24/h6-17H,18H2,1-5H3,(H,29,32). The molecule has 3 aromatic rings. The molecule has 0 radical (unpaired) electrons. The molecule has 0 aliphatic carbocycles. The van der Waals surface area contributed by atoms with Crippen LogP contribution in [-0.4, -0.2) is 45.1 Å². The van der Waals surface area contributed by atoms with E-state index in [1.54, 1.807) is 36.4 Å². The Labute approximate surface area is 211 Å². The average molecular weight is 512 g/mol. The summed E-state index contributed by atoms with van der Waals surface area (Å²) in [5.74, 6) is -1.35. The molecule has 0 saturated carbocycles. The highest BCUT2D eigenvalue weighted by molar-refractivity contribution is 7.90. The van der Waals surface area contributed by atoms with Gasteiger partial charge in [0.15, 0.2) is 5.78 Å². The van der Waals surface area contributed by atoms with Crippen LogP contribution in [0.1, 0.15) is 42.3 Å². The first-order valence-corrected chi connectivity index (χ1v) is 12.7. The first-order chi connectivity index (χ1) is 16.8. The molecule has 7 nitrogen and oxygen atoms in total. The van der Waals surface area contributed by atoms with Crippen molar-refractivity contribution >= 4 is 33.3 Å². The maximum Gasteiger partial charge on any atom is 0.304 e. The van der Waals surface area contributed by atoms with E-state index in [0.717, 1.165) is 26.3 Å². The molecule has 0 spiro atoms. The van der Waals surface area contributed by atoms with Crippen molar-refractivity contribution in [1.29, 1.82) is 0 Å². The van der Waals surface area contributed by atoms with Gasteiger partial charge in [-0.05, 0) is 47.4 Å². The molecule has 0 bridgehead atoms. The lowest BCUT2D eigenvalue weighted by molar-refractivity contribution is -0.114. The molecule has 0 heterocycles. The summed E-state index contributed by atoms with van der Waals surface area (Å²) in [5, 5.41) is 2.65. The van der Waals surface area contributed by atoms with Crippen LogP contribution in [0.4, 0.5) is 15.8 Å². The number of nitrogens with zero attached hydrogens (tertiary/aromatic N) is 2. The summed E-state index contributed by atoms with van der Waals surface area (Å²) in [6.45, 7) is 5.74. The van der Waals surface area contributed by atoms with Gasteiger partial charge in [0.2, 0.25) is 5.91 Å². The van der Waals surface area contributed by atoms with Gasteiger partial charge in [0, 0.05) is 30.9 Å². The number of hydrogen-bond acceptors (Lipinski definition) is 4. The maximum atomic E-state index is 13.4. The highest BCUT2D eigenvalue weighted by Gasteiger charge is 2.27. The van der Waals surface area contributed by atoms with Crippen molar-refractivity contribution in [3.8, 4) is 0 Å². The van der Waals surface area contributed by atoms with Crippen molar-refractivity contribution in [2.75, 3.05) is 30.3 Å². The smallest absolute Gasteiger partial charge is 0.304 e. The average Bonchev–Trinajstić information content (AvgIpc) is 2.82. The van der Waals surface area contributed by atoms with Crippen molar-refractivity contribution in [3.63, 3.8) is 0 Å². The Morgan fingerprint density at radius 1 is 0.889 bits per heavy atom. The van der Waals surface area contributed by atoms with E-state index in [-0.39, 0.29) is 16.9 Å². The second kappa shape index (κ2) is 10.6. The van der Waals surface area contributed by atoms with E-state index in [1.165, 1.54) is 26.2 Å². The van der Waals surface area contributed by atoms with Gasteiger partial charge in [-0.15, -0.1) is 0 Å². The SMILES string of the molecule is CN(C)S(=O)(=O)N(CC(=O)Nc1cccc(C(=O)c2ccc(C(C)(C)C)cc2)c1)c1ccc(F)cc1. The lowest BCUT2D eigenvalue weighted by atomic mass is 9.86. The summed E-state index contributed by atoms with van der Waals surface area (Å²) in [4.78, 5) is 25.8. The molecule has 36 heavy (non-hydrogen) atoms. The topological polar surface area (TPSA) is 86.8 Å². The zero-order valence-electron chi connectivity index (χ0n) is 20.9. The summed E-state index contributed by atoms with van der Waals surface area (Å²) in [5.41, 5.74) is 2.46. The Kier molecular flexibility index (Phi) is 7.96. The minimum absolute atomic E-state index is 0.0341.